The first-order valence-electron chi connectivity index (χ1n) is 2.75. The predicted octanol–water partition coefficient (Wildman–Crippen LogP) is 1.53. The first-order valence-corrected chi connectivity index (χ1v) is 2.75. The molecule has 0 heterocycles. The van der Waals surface area contributed by atoms with E-state index in [1.165, 1.54) is 0 Å². The van der Waals surface area contributed by atoms with E-state index in [9.17, 15) is 13.2 Å². The van der Waals surface area contributed by atoms with E-state index < -0.39 is 12.1 Å². The molecule has 0 radical (unpaired) electrons. The highest BCUT2D eigenvalue weighted by Gasteiger charge is 2.34. The Morgan fingerprint density at radius 3 is 2.00 bits per heavy atom. The fraction of sp³-hybridized carbons (Fsp3) is 1.00. The third-order valence-corrected chi connectivity index (χ3v) is 1.16. The molecule has 1 unspecified atom stereocenters. The summed E-state index contributed by atoms with van der Waals surface area (Å²) in [5, 5.41) is 0. The van der Waals surface area contributed by atoms with Crippen LogP contribution < -0.4 is 5.73 Å². The Morgan fingerprint density at radius 1 is 1.44 bits per heavy atom. The molecule has 0 rings (SSSR count). The van der Waals surface area contributed by atoms with E-state index in [2.05, 4.69) is 0 Å². The molecular formula is C5H10F3N. The Balaban J connectivity index is 3.59. The first-order chi connectivity index (χ1) is 3.98. The van der Waals surface area contributed by atoms with Crippen molar-refractivity contribution in [3.05, 3.63) is 0 Å². The summed E-state index contributed by atoms with van der Waals surface area (Å²) in [7, 11) is 0. The van der Waals surface area contributed by atoms with Crippen LogP contribution in [0.1, 0.15) is 13.3 Å². The molecule has 0 aliphatic carbocycles. The molecule has 2 N–H and O–H groups in total. The molecule has 1 nitrogen and oxygen atoms in total. The molecule has 0 aromatic rings. The van der Waals surface area contributed by atoms with Crippen molar-refractivity contribution in [1.29, 1.82) is 0 Å². The highest BCUT2D eigenvalue weighted by molar-refractivity contribution is 4.61. The Kier molecular flexibility index (Phi) is 2.97. The maximum Gasteiger partial charge on any atom is 0.391 e. The molecule has 1 atom stereocenters. The Bertz CT molecular complexity index is 78.8. The smallest absolute Gasteiger partial charge is 0.330 e. The largest absolute Gasteiger partial charge is 0.391 e. The van der Waals surface area contributed by atoms with Crippen molar-refractivity contribution in [2.24, 2.45) is 11.7 Å². The van der Waals surface area contributed by atoms with Gasteiger partial charge in [0.2, 0.25) is 0 Å². The number of halogens is 3. The molecule has 0 saturated heterocycles. The molecule has 0 aromatic heterocycles. The van der Waals surface area contributed by atoms with Gasteiger partial charge >= 0.3 is 6.18 Å². The monoisotopic (exact) mass is 141 g/mol. The Labute approximate surface area is 52.0 Å². The number of alkyl halides is 3. The van der Waals surface area contributed by atoms with Crippen molar-refractivity contribution in [2.45, 2.75) is 19.5 Å². The van der Waals surface area contributed by atoms with Gasteiger partial charge in [0.05, 0.1) is 5.92 Å². The van der Waals surface area contributed by atoms with Crippen molar-refractivity contribution < 1.29 is 13.2 Å². The number of nitrogens with two attached hydrogens (primary N) is 1. The maximum atomic E-state index is 11.6. The van der Waals surface area contributed by atoms with Gasteiger partial charge in [0, 0.05) is 0 Å². The van der Waals surface area contributed by atoms with Gasteiger partial charge in [0.25, 0.3) is 0 Å². The zero-order chi connectivity index (χ0) is 7.49. The van der Waals surface area contributed by atoms with Gasteiger partial charge in [-0.2, -0.15) is 13.2 Å². The van der Waals surface area contributed by atoms with Crippen LogP contribution in [0.2, 0.25) is 0 Å². The van der Waals surface area contributed by atoms with Gasteiger partial charge in [0.1, 0.15) is 0 Å². The molecule has 0 fully saturated rings. The van der Waals surface area contributed by atoms with Gasteiger partial charge in [-0.05, 0) is 13.0 Å². The third kappa shape index (κ3) is 3.35. The van der Waals surface area contributed by atoms with E-state index in [-0.39, 0.29) is 13.0 Å². The van der Waals surface area contributed by atoms with E-state index in [0.717, 1.165) is 6.92 Å². The Hall–Kier alpha value is -0.250. The second kappa shape index (κ2) is 3.06. The van der Waals surface area contributed by atoms with Crippen molar-refractivity contribution in [3.8, 4) is 0 Å². The second-order valence-electron chi connectivity index (χ2n) is 2.02. The second-order valence-corrected chi connectivity index (χ2v) is 2.02. The van der Waals surface area contributed by atoms with Crippen LogP contribution >= 0.6 is 0 Å². The van der Waals surface area contributed by atoms with E-state index >= 15 is 0 Å². The van der Waals surface area contributed by atoms with Gasteiger partial charge in [-0.25, -0.2) is 0 Å². The van der Waals surface area contributed by atoms with Crippen LogP contribution in [0.25, 0.3) is 0 Å². The van der Waals surface area contributed by atoms with Crippen LogP contribution in [0.15, 0.2) is 0 Å². The van der Waals surface area contributed by atoms with E-state index in [1.54, 1.807) is 0 Å². The maximum absolute atomic E-state index is 11.6. The summed E-state index contributed by atoms with van der Waals surface area (Å²) in [6, 6.07) is 0. The molecule has 0 aliphatic heterocycles. The van der Waals surface area contributed by atoms with E-state index in [0.29, 0.717) is 0 Å². The molecule has 0 bridgehead atoms. The van der Waals surface area contributed by atoms with Gasteiger partial charge in [-0.3, -0.25) is 0 Å². The summed E-state index contributed by atoms with van der Waals surface area (Å²) in [5.74, 6) is -1.26. The lowest BCUT2D eigenvalue weighted by molar-refractivity contribution is -0.170. The fourth-order valence-corrected chi connectivity index (χ4v) is 0.414. The van der Waals surface area contributed by atoms with Crippen molar-refractivity contribution >= 4 is 0 Å². The van der Waals surface area contributed by atoms with Crippen LogP contribution in [0.3, 0.4) is 0 Å². The molecule has 4 heteroatoms. The van der Waals surface area contributed by atoms with Crippen molar-refractivity contribution in [1.82, 2.24) is 0 Å². The van der Waals surface area contributed by atoms with Crippen molar-refractivity contribution in [3.63, 3.8) is 0 Å². The Morgan fingerprint density at radius 2 is 1.89 bits per heavy atom. The average molecular weight is 141 g/mol. The minimum Gasteiger partial charge on any atom is -0.330 e. The molecule has 0 aliphatic rings. The quantitative estimate of drug-likeness (QED) is 0.620. The highest BCUT2D eigenvalue weighted by atomic mass is 19.4. The molecule has 56 valence electrons. The van der Waals surface area contributed by atoms with Crippen molar-refractivity contribution in [2.75, 3.05) is 6.54 Å². The standard InChI is InChI=1S/C5H10F3N/c1-4(2-3-9)5(6,7)8/h4H,2-3,9H2,1H3. The lowest BCUT2D eigenvalue weighted by Gasteiger charge is -2.13. The summed E-state index contributed by atoms with van der Waals surface area (Å²) < 4.78 is 34.7. The minimum absolute atomic E-state index is 0.0174. The SMILES string of the molecule is CC(CCN)C(F)(F)F. The minimum atomic E-state index is -4.07. The fourth-order valence-electron chi connectivity index (χ4n) is 0.414. The van der Waals surface area contributed by atoms with Crippen LogP contribution in [-0.4, -0.2) is 12.7 Å². The lowest BCUT2D eigenvalue weighted by atomic mass is 10.1. The molecule has 0 amide bonds. The molecule has 0 spiro atoms. The van der Waals surface area contributed by atoms with Gasteiger partial charge in [-0.1, -0.05) is 6.92 Å². The van der Waals surface area contributed by atoms with Gasteiger partial charge in [-0.15, -0.1) is 0 Å². The topological polar surface area (TPSA) is 26.0 Å². The van der Waals surface area contributed by atoms with E-state index in [1.807, 2.05) is 0 Å². The number of rotatable bonds is 2. The highest BCUT2D eigenvalue weighted by Crippen LogP contribution is 2.27. The van der Waals surface area contributed by atoms with Gasteiger partial charge in [0.15, 0.2) is 0 Å². The summed E-state index contributed by atoms with van der Waals surface area (Å²) >= 11 is 0. The lowest BCUT2D eigenvalue weighted by Crippen LogP contribution is -2.22. The predicted molar refractivity (Wildman–Crippen MR) is 28.9 cm³/mol. The van der Waals surface area contributed by atoms with Crippen LogP contribution in [0.5, 0.6) is 0 Å². The van der Waals surface area contributed by atoms with Crippen LogP contribution in [0.4, 0.5) is 13.2 Å². The van der Waals surface area contributed by atoms with E-state index in [4.69, 9.17) is 5.73 Å². The molecule has 0 saturated carbocycles. The molecule has 9 heavy (non-hydrogen) atoms. The summed E-state index contributed by atoms with van der Waals surface area (Å²) in [5.41, 5.74) is 4.93. The normalized spacial score (nSPS) is 15.7. The molecule has 0 aromatic carbocycles. The third-order valence-electron chi connectivity index (χ3n) is 1.16. The van der Waals surface area contributed by atoms with Crippen LogP contribution in [0, 0.1) is 5.92 Å². The zero-order valence-electron chi connectivity index (χ0n) is 5.20. The first kappa shape index (κ1) is 8.75. The number of hydrogen-bond acceptors (Lipinski definition) is 1. The number of hydrogen-bond donors (Lipinski definition) is 1. The zero-order valence-corrected chi connectivity index (χ0v) is 5.20. The van der Waals surface area contributed by atoms with Gasteiger partial charge < -0.3 is 5.73 Å². The molecular weight excluding hydrogens is 131 g/mol. The van der Waals surface area contributed by atoms with Crippen LogP contribution in [-0.2, 0) is 0 Å². The summed E-state index contributed by atoms with van der Waals surface area (Å²) in [4.78, 5) is 0. The average Bonchev–Trinajstić information content (AvgIpc) is 1.64. The summed E-state index contributed by atoms with van der Waals surface area (Å²) in [6.07, 6.45) is -4.05. The summed E-state index contributed by atoms with van der Waals surface area (Å²) in [6.45, 7) is 1.23.